The Balaban J connectivity index is 2.84. The molecule has 0 radical (unpaired) electrons. The van der Waals surface area contributed by atoms with Gasteiger partial charge in [-0.3, -0.25) is 0 Å². The molecule has 88 valence electrons. The first-order valence-corrected chi connectivity index (χ1v) is 5.80. The molecule has 0 atom stereocenters. The zero-order valence-corrected chi connectivity index (χ0v) is 11.0. The lowest BCUT2D eigenvalue weighted by Crippen LogP contribution is -2.16. The van der Waals surface area contributed by atoms with E-state index in [4.69, 9.17) is 0 Å². The number of hydrogen-bond donors (Lipinski definition) is 0. The molecule has 0 amide bonds. The van der Waals surface area contributed by atoms with Crippen LogP contribution >= 0.6 is 0 Å². The fraction of sp³-hybridized carbons (Fsp3) is 0.533. The average molecular weight is 218 g/mol. The van der Waals surface area contributed by atoms with Crippen LogP contribution in [0.3, 0.4) is 0 Å². The van der Waals surface area contributed by atoms with Crippen molar-refractivity contribution in [2.45, 2.75) is 46.5 Å². The molecule has 0 heterocycles. The molecule has 1 heteroatoms. The predicted octanol–water partition coefficient (Wildman–Crippen LogP) is 3.75. The molecular weight excluding hydrogens is 196 g/mol. The number of hydrogen-bond acceptors (Lipinski definition) is 1. The van der Waals surface area contributed by atoms with Crippen molar-refractivity contribution >= 4 is 6.29 Å². The highest BCUT2D eigenvalue weighted by Gasteiger charge is 2.18. The Morgan fingerprint density at radius 3 is 1.88 bits per heavy atom. The van der Waals surface area contributed by atoms with Gasteiger partial charge in [-0.05, 0) is 23.0 Å². The van der Waals surface area contributed by atoms with Crippen molar-refractivity contribution in [3.63, 3.8) is 0 Å². The molecule has 0 spiro atoms. The molecule has 0 saturated heterocycles. The third-order valence-electron chi connectivity index (χ3n) is 2.80. The SMILES string of the molecule is CC(C)(C=O)Cc1ccc(C(C)(C)C)cc1. The highest BCUT2D eigenvalue weighted by atomic mass is 16.1. The van der Waals surface area contributed by atoms with Crippen LogP contribution in [0.4, 0.5) is 0 Å². The number of carbonyl (C=O) groups is 1. The second-order valence-corrected chi connectivity index (χ2v) is 6.23. The Kier molecular flexibility index (Phi) is 3.57. The van der Waals surface area contributed by atoms with Crippen LogP contribution in [0.15, 0.2) is 24.3 Å². The molecular formula is C15H22O. The van der Waals surface area contributed by atoms with Crippen molar-refractivity contribution in [2.75, 3.05) is 0 Å². The highest BCUT2D eigenvalue weighted by Crippen LogP contribution is 2.24. The molecule has 1 aromatic rings. The smallest absolute Gasteiger partial charge is 0.125 e. The summed E-state index contributed by atoms with van der Waals surface area (Å²) in [6, 6.07) is 8.59. The molecule has 1 nitrogen and oxygen atoms in total. The van der Waals surface area contributed by atoms with Crippen LogP contribution in [0.2, 0.25) is 0 Å². The first kappa shape index (κ1) is 13.0. The highest BCUT2D eigenvalue weighted by molar-refractivity contribution is 5.58. The number of rotatable bonds is 3. The molecule has 0 fully saturated rings. The van der Waals surface area contributed by atoms with Crippen LogP contribution in [0.5, 0.6) is 0 Å². The van der Waals surface area contributed by atoms with E-state index < -0.39 is 0 Å². The third-order valence-corrected chi connectivity index (χ3v) is 2.80. The molecule has 0 aliphatic rings. The maximum atomic E-state index is 10.9. The lowest BCUT2D eigenvalue weighted by atomic mass is 9.84. The van der Waals surface area contributed by atoms with E-state index in [-0.39, 0.29) is 10.8 Å². The zero-order chi connectivity index (χ0) is 12.4. The van der Waals surface area contributed by atoms with Gasteiger partial charge in [0.1, 0.15) is 6.29 Å². The van der Waals surface area contributed by atoms with E-state index in [9.17, 15) is 4.79 Å². The van der Waals surface area contributed by atoms with E-state index in [1.165, 1.54) is 11.1 Å². The second kappa shape index (κ2) is 4.40. The number of carbonyl (C=O) groups excluding carboxylic acids is 1. The first-order chi connectivity index (χ1) is 7.24. The topological polar surface area (TPSA) is 17.1 Å². The van der Waals surface area contributed by atoms with Gasteiger partial charge in [0.2, 0.25) is 0 Å². The van der Waals surface area contributed by atoms with Gasteiger partial charge in [0.25, 0.3) is 0 Å². The summed E-state index contributed by atoms with van der Waals surface area (Å²) in [4.78, 5) is 10.9. The second-order valence-electron chi connectivity index (χ2n) is 6.23. The maximum Gasteiger partial charge on any atom is 0.125 e. The third kappa shape index (κ3) is 3.48. The van der Waals surface area contributed by atoms with Gasteiger partial charge in [0.15, 0.2) is 0 Å². The van der Waals surface area contributed by atoms with Crippen LogP contribution in [0, 0.1) is 5.41 Å². The largest absolute Gasteiger partial charge is 0.303 e. The van der Waals surface area contributed by atoms with Crippen molar-refractivity contribution in [3.8, 4) is 0 Å². The molecule has 0 N–H and O–H groups in total. The minimum atomic E-state index is -0.261. The van der Waals surface area contributed by atoms with E-state index in [0.717, 1.165) is 12.7 Å². The lowest BCUT2D eigenvalue weighted by molar-refractivity contribution is -0.114. The van der Waals surface area contributed by atoms with Gasteiger partial charge in [-0.2, -0.15) is 0 Å². The average Bonchev–Trinajstić information content (AvgIpc) is 2.16. The Bertz CT molecular complexity index is 352. The van der Waals surface area contributed by atoms with Crippen molar-refractivity contribution < 1.29 is 4.79 Å². The first-order valence-electron chi connectivity index (χ1n) is 5.80. The van der Waals surface area contributed by atoms with Crippen molar-refractivity contribution in [1.82, 2.24) is 0 Å². The quantitative estimate of drug-likeness (QED) is 0.706. The molecule has 0 aromatic heterocycles. The summed E-state index contributed by atoms with van der Waals surface area (Å²) in [5.74, 6) is 0. The molecule has 0 aliphatic carbocycles. The monoisotopic (exact) mass is 218 g/mol. The summed E-state index contributed by atoms with van der Waals surface area (Å²) >= 11 is 0. The number of benzene rings is 1. The fourth-order valence-electron chi connectivity index (χ4n) is 1.69. The molecule has 0 saturated carbocycles. The Morgan fingerprint density at radius 2 is 1.50 bits per heavy atom. The summed E-state index contributed by atoms with van der Waals surface area (Å²) < 4.78 is 0. The van der Waals surface area contributed by atoms with E-state index in [2.05, 4.69) is 45.0 Å². The van der Waals surface area contributed by atoms with Gasteiger partial charge in [0.05, 0.1) is 0 Å². The van der Waals surface area contributed by atoms with Crippen molar-refractivity contribution in [2.24, 2.45) is 5.41 Å². The minimum Gasteiger partial charge on any atom is -0.303 e. The fourth-order valence-corrected chi connectivity index (χ4v) is 1.69. The summed E-state index contributed by atoms with van der Waals surface area (Å²) in [5.41, 5.74) is 2.49. The molecule has 1 rings (SSSR count). The number of aldehydes is 1. The molecule has 16 heavy (non-hydrogen) atoms. The molecule has 1 aromatic carbocycles. The zero-order valence-electron chi connectivity index (χ0n) is 11.0. The summed E-state index contributed by atoms with van der Waals surface area (Å²) in [5, 5.41) is 0. The Morgan fingerprint density at radius 1 is 1.00 bits per heavy atom. The van der Waals surface area contributed by atoms with Crippen LogP contribution in [0.1, 0.15) is 45.7 Å². The summed E-state index contributed by atoms with van der Waals surface area (Å²) in [6.07, 6.45) is 1.84. The standard InChI is InChI=1S/C15H22O/c1-14(2,3)13-8-6-12(7-9-13)10-15(4,5)11-16/h6-9,11H,10H2,1-5H3. The van der Waals surface area contributed by atoms with Gasteiger partial charge in [0, 0.05) is 5.41 Å². The molecule has 0 aliphatic heterocycles. The van der Waals surface area contributed by atoms with Crippen molar-refractivity contribution in [1.29, 1.82) is 0 Å². The van der Waals surface area contributed by atoms with E-state index in [1.54, 1.807) is 0 Å². The predicted molar refractivity (Wildman–Crippen MR) is 68.7 cm³/mol. The van der Waals surface area contributed by atoms with Gasteiger partial charge in [-0.25, -0.2) is 0 Å². The van der Waals surface area contributed by atoms with Crippen LogP contribution in [0.25, 0.3) is 0 Å². The molecule has 0 unspecified atom stereocenters. The van der Waals surface area contributed by atoms with Crippen LogP contribution in [-0.2, 0) is 16.6 Å². The van der Waals surface area contributed by atoms with Crippen LogP contribution < -0.4 is 0 Å². The van der Waals surface area contributed by atoms with Crippen molar-refractivity contribution in [3.05, 3.63) is 35.4 Å². The van der Waals surface area contributed by atoms with Gasteiger partial charge in [-0.1, -0.05) is 58.9 Å². The summed E-state index contributed by atoms with van der Waals surface area (Å²) in [7, 11) is 0. The van der Waals surface area contributed by atoms with Gasteiger partial charge in [-0.15, -0.1) is 0 Å². The van der Waals surface area contributed by atoms with Crippen LogP contribution in [-0.4, -0.2) is 6.29 Å². The van der Waals surface area contributed by atoms with Gasteiger partial charge >= 0.3 is 0 Å². The molecule has 0 bridgehead atoms. The Hall–Kier alpha value is -1.11. The maximum absolute atomic E-state index is 10.9. The lowest BCUT2D eigenvalue weighted by Gasteiger charge is -2.21. The Labute approximate surface area is 98.9 Å². The van der Waals surface area contributed by atoms with E-state index >= 15 is 0 Å². The normalized spacial score (nSPS) is 12.6. The van der Waals surface area contributed by atoms with E-state index in [1.807, 2.05) is 13.8 Å². The minimum absolute atomic E-state index is 0.193. The summed E-state index contributed by atoms with van der Waals surface area (Å²) in [6.45, 7) is 10.6. The van der Waals surface area contributed by atoms with E-state index in [0.29, 0.717) is 0 Å². The van der Waals surface area contributed by atoms with Gasteiger partial charge < -0.3 is 4.79 Å².